The first kappa shape index (κ1) is 6.09. The van der Waals surface area contributed by atoms with Gasteiger partial charge in [0.05, 0.1) is 11.8 Å². The van der Waals surface area contributed by atoms with E-state index in [4.69, 9.17) is 4.42 Å². The predicted molar refractivity (Wildman–Crippen MR) is 39.4 cm³/mol. The van der Waals surface area contributed by atoms with Crippen LogP contribution in [-0.2, 0) is 0 Å². The standard InChI is InChI=1S/C8H5NO2/c10-8-7-5-11-4-2-6(7)1-3-9-8/h1-5H. The van der Waals surface area contributed by atoms with Crippen molar-refractivity contribution < 1.29 is 4.42 Å². The molecule has 3 nitrogen and oxygen atoms in total. The average molecular weight is 147 g/mol. The minimum Gasteiger partial charge on any atom is -0.472 e. The van der Waals surface area contributed by atoms with Gasteiger partial charge < -0.3 is 4.42 Å². The Morgan fingerprint density at radius 1 is 1.36 bits per heavy atom. The fourth-order valence-electron chi connectivity index (χ4n) is 0.952. The van der Waals surface area contributed by atoms with Gasteiger partial charge >= 0.3 is 0 Å². The molecule has 0 atom stereocenters. The normalized spacial score (nSPS) is 10.2. The van der Waals surface area contributed by atoms with Crippen LogP contribution in [0.4, 0.5) is 0 Å². The first-order chi connectivity index (χ1) is 5.38. The van der Waals surface area contributed by atoms with E-state index in [0.717, 1.165) is 5.56 Å². The van der Waals surface area contributed by atoms with Crippen molar-refractivity contribution in [2.75, 3.05) is 0 Å². The van der Waals surface area contributed by atoms with Gasteiger partial charge in [-0.15, -0.1) is 0 Å². The number of fused-ring (bicyclic) bond motifs is 1. The Morgan fingerprint density at radius 2 is 2.27 bits per heavy atom. The Bertz CT molecular complexity index is 394. The largest absolute Gasteiger partial charge is 0.472 e. The lowest BCUT2D eigenvalue weighted by atomic mass is 10.1. The average Bonchev–Trinajstić information content (AvgIpc) is 2.06. The number of nitrogens with zero attached hydrogens (tertiary/aromatic N) is 1. The van der Waals surface area contributed by atoms with Gasteiger partial charge in [0.1, 0.15) is 6.26 Å². The van der Waals surface area contributed by atoms with Gasteiger partial charge in [-0.1, -0.05) is 0 Å². The molecule has 2 aliphatic rings. The quantitative estimate of drug-likeness (QED) is 0.561. The lowest BCUT2D eigenvalue weighted by Gasteiger charge is -1.97. The molecule has 0 aliphatic carbocycles. The topological polar surface area (TPSA) is 43.1 Å². The molecule has 0 bridgehead atoms. The van der Waals surface area contributed by atoms with Crippen LogP contribution in [0.5, 0.6) is 0 Å². The summed E-state index contributed by atoms with van der Waals surface area (Å²) < 4.78 is 4.83. The second kappa shape index (κ2) is 2.20. The predicted octanol–water partition coefficient (Wildman–Crippen LogP) is 1.14. The zero-order chi connectivity index (χ0) is 7.68. The molecule has 0 spiro atoms. The molecule has 54 valence electrons. The highest BCUT2D eigenvalue weighted by atomic mass is 16.3. The second-order valence-electron chi connectivity index (χ2n) is 2.18. The van der Waals surface area contributed by atoms with E-state index in [2.05, 4.69) is 4.98 Å². The highest BCUT2D eigenvalue weighted by Gasteiger charge is 2.03. The van der Waals surface area contributed by atoms with Crippen molar-refractivity contribution in [1.29, 1.82) is 0 Å². The lowest BCUT2D eigenvalue weighted by Crippen LogP contribution is -2.07. The Kier molecular flexibility index (Phi) is 1.22. The summed E-state index contributed by atoms with van der Waals surface area (Å²) in [4.78, 5) is 14.6. The van der Waals surface area contributed by atoms with E-state index < -0.39 is 0 Å². The summed E-state index contributed by atoms with van der Waals surface area (Å²) in [6.07, 6.45) is 4.43. The molecule has 0 saturated heterocycles. The highest BCUT2D eigenvalue weighted by molar-refractivity contribution is 5.60. The Labute approximate surface area is 62.7 Å². The molecule has 0 N–H and O–H groups in total. The van der Waals surface area contributed by atoms with E-state index in [9.17, 15) is 4.79 Å². The Hall–Kier alpha value is -1.64. The van der Waals surface area contributed by atoms with Crippen molar-refractivity contribution in [3.63, 3.8) is 0 Å². The Morgan fingerprint density at radius 3 is 3.09 bits per heavy atom. The molecule has 2 aliphatic heterocycles. The molecule has 0 fully saturated rings. The second-order valence-corrected chi connectivity index (χ2v) is 2.18. The maximum atomic E-state index is 11.0. The summed E-state index contributed by atoms with van der Waals surface area (Å²) in [5, 5.41) is 0. The van der Waals surface area contributed by atoms with Gasteiger partial charge in [-0.3, -0.25) is 4.79 Å². The van der Waals surface area contributed by atoms with Crippen molar-refractivity contribution in [3.8, 4) is 11.1 Å². The van der Waals surface area contributed by atoms with Crippen LogP contribution in [0.25, 0.3) is 11.1 Å². The third kappa shape index (κ3) is 0.902. The van der Waals surface area contributed by atoms with E-state index in [1.807, 2.05) is 0 Å². The molecule has 0 radical (unpaired) electrons. The Balaban J connectivity index is 2.90. The van der Waals surface area contributed by atoms with Crippen LogP contribution >= 0.6 is 0 Å². The summed E-state index contributed by atoms with van der Waals surface area (Å²) in [6.45, 7) is 0. The van der Waals surface area contributed by atoms with Crippen LogP contribution in [0, 0.1) is 0 Å². The summed E-state index contributed by atoms with van der Waals surface area (Å²) >= 11 is 0. The molecule has 11 heavy (non-hydrogen) atoms. The van der Waals surface area contributed by atoms with E-state index in [-0.39, 0.29) is 5.56 Å². The summed E-state index contributed by atoms with van der Waals surface area (Å²) in [6, 6.07) is 3.50. The lowest BCUT2D eigenvalue weighted by molar-refractivity contribution is 0.551. The minimum absolute atomic E-state index is 0.244. The van der Waals surface area contributed by atoms with Crippen LogP contribution in [0.2, 0.25) is 0 Å². The minimum atomic E-state index is -0.244. The third-order valence-electron chi connectivity index (χ3n) is 1.50. The molecule has 0 aromatic heterocycles. The molecule has 0 unspecified atom stereocenters. The maximum absolute atomic E-state index is 11.0. The van der Waals surface area contributed by atoms with Crippen LogP contribution in [0.15, 0.2) is 40.1 Å². The third-order valence-corrected chi connectivity index (χ3v) is 1.50. The van der Waals surface area contributed by atoms with Crippen LogP contribution in [-0.4, -0.2) is 4.98 Å². The first-order valence-corrected chi connectivity index (χ1v) is 3.19. The summed E-state index contributed by atoms with van der Waals surface area (Å²) in [5.74, 6) is 0. The highest BCUT2D eigenvalue weighted by Crippen LogP contribution is 2.13. The number of pyridine rings is 1. The van der Waals surface area contributed by atoms with Gasteiger partial charge in [-0.05, 0) is 17.7 Å². The molecule has 0 aromatic carbocycles. The molecule has 2 heterocycles. The molecule has 2 rings (SSSR count). The van der Waals surface area contributed by atoms with Gasteiger partial charge in [0.15, 0.2) is 0 Å². The van der Waals surface area contributed by atoms with Gasteiger partial charge in [0, 0.05) is 6.20 Å². The first-order valence-electron chi connectivity index (χ1n) is 3.19. The van der Waals surface area contributed by atoms with Crippen LogP contribution in [0.1, 0.15) is 0 Å². The van der Waals surface area contributed by atoms with Crippen molar-refractivity contribution in [2.24, 2.45) is 0 Å². The molecular formula is C8H5NO2. The zero-order valence-electron chi connectivity index (χ0n) is 5.65. The van der Waals surface area contributed by atoms with Gasteiger partial charge in [-0.25, -0.2) is 4.98 Å². The molecular weight excluding hydrogens is 142 g/mol. The monoisotopic (exact) mass is 147 g/mol. The number of hydrogen-bond acceptors (Lipinski definition) is 3. The van der Waals surface area contributed by atoms with Gasteiger partial charge in [0.25, 0.3) is 5.56 Å². The fraction of sp³-hybridized carbons (Fsp3) is 0. The van der Waals surface area contributed by atoms with Crippen molar-refractivity contribution in [3.05, 3.63) is 41.2 Å². The van der Waals surface area contributed by atoms with Gasteiger partial charge in [0.2, 0.25) is 0 Å². The molecule has 0 saturated carbocycles. The molecule has 0 aromatic rings. The smallest absolute Gasteiger partial charge is 0.280 e. The van der Waals surface area contributed by atoms with Crippen LogP contribution < -0.4 is 5.56 Å². The number of aromatic nitrogens is 1. The number of hydrogen-bond donors (Lipinski definition) is 0. The van der Waals surface area contributed by atoms with Crippen molar-refractivity contribution >= 4 is 0 Å². The SMILES string of the molecule is O=c1nccc2ccocc1-2. The van der Waals surface area contributed by atoms with E-state index in [1.165, 1.54) is 18.7 Å². The number of rotatable bonds is 0. The molecule has 0 amide bonds. The van der Waals surface area contributed by atoms with Crippen molar-refractivity contribution in [1.82, 2.24) is 4.98 Å². The summed E-state index contributed by atoms with van der Waals surface area (Å²) in [5.41, 5.74) is 1.14. The fourth-order valence-corrected chi connectivity index (χ4v) is 0.952. The van der Waals surface area contributed by atoms with E-state index in [1.54, 1.807) is 12.1 Å². The maximum Gasteiger partial charge on any atom is 0.280 e. The van der Waals surface area contributed by atoms with Gasteiger partial charge in [-0.2, -0.15) is 0 Å². The zero-order valence-corrected chi connectivity index (χ0v) is 5.65. The van der Waals surface area contributed by atoms with E-state index >= 15 is 0 Å². The summed E-state index contributed by atoms with van der Waals surface area (Å²) in [7, 11) is 0. The molecule has 3 heteroatoms. The van der Waals surface area contributed by atoms with Crippen LogP contribution in [0.3, 0.4) is 0 Å². The van der Waals surface area contributed by atoms with Crippen molar-refractivity contribution in [2.45, 2.75) is 0 Å². The van der Waals surface area contributed by atoms with E-state index in [0.29, 0.717) is 5.56 Å².